The summed E-state index contributed by atoms with van der Waals surface area (Å²) in [5, 5.41) is 9.44. The van der Waals surface area contributed by atoms with Crippen molar-refractivity contribution in [3.05, 3.63) is 116 Å². The third-order valence-electron chi connectivity index (χ3n) is 7.42. The Morgan fingerprint density at radius 2 is 1.51 bits per heavy atom. The summed E-state index contributed by atoms with van der Waals surface area (Å²) >= 11 is 0. The van der Waals surface area contributed by atoms with E-state index >= 15 is 0 Å². The Labute approximate surface area is 226 Å². The largest absolute Gasteiger partial charge is 0.478 e. The van der Waals surface area contributed by atoms with Gasteiger partial charge in [-0.15, -0.1) is 0 Å². The van der Waals surface area contributed by atoms with Crippen molar-refractivity contribution in [2.45, 2.75) is 44.4 Å². The lowest BCUT2D eigenvalue weighted by Crippen LogP contribution is -2.38. The topological polar surface area (TPSA) is 105 Å². The fourth-order valence-electron chi connectivity index (χ4n) is 5.32. The van der Waals surface area contributed by atoms with Crippen molar-refractivity contribution in [3.63, 3.8) is 0 Å². The highest BCUT2D eigenvalue weighted by molar-refractivity contribution is 5.93. The van der Waals surface area contributed by atoms with Crippen LogP contribution >= 0.6 is 0 Å². The molecular weight excluding hydrogens is 494 g/mol. The van der Waals surface area contributed by atoms with Crippen molar-refractivity contribution in [1.29, 1.82) is 0 Å². The molecular formula is C31H33N3O5. The standard InChI is InChI=1S/C31H33N3O5/c35-29-26-21-24(30(36)37)13-14-27(26)34(31(38)32-29)18-8-7-17-33-19-15-25(16-20-33)39-28(22-9-3-1-4-10-22)23-11-5-2-6-12-23/h1-6,9-14,21,25,28H,7-8,15-20H2,(H,36,37)(H,32,35,38). The third-order valence-corrected chi connectivity index (χ3v) is 7.42. The van der Waals surface area contributed by atoms with Gasteiger partial charge in [-0.3, -0.25) is 14.3 Å². The minimum absolute atomic E-state index is 0.0180. The number of piperidine rings is 1. The summed E-state index contributed by atoms with van der Waals surface area (Å²) in [7, 11) is 0. The summed E-state index contributed by atoms with van der Waals surface area (Å²) in [4.78, 5) is 40.7. The van der Waals surface area contributed by atoms with Gasteiger partial charge >= 0.3 is 11.7 Å². The Morgan fingerprint density at radius 1 is 0.897 bits per heavy atom. The summed E-state index contributed by atoms with van der Waals surface area (Å²) in [6.45, 7) is 3.29. The average Bonchev–Trinajstić information content (AvgIpc) is 2.96. The number of aryl methyl sites for hydroxylation is 1. The summed E-state index contributed by atoms with van der Waals surface area (Å²) in [5.41, 5.74) is 1.76. The Bertz CT molecular complexity index is 1480. The molecule has 0 amide bonds. The van der Waals surface area contributed by atoms with Gasteiger partial charge in [-0.1, -0.05) is 60.7 Å². The second kappa shape index (κ2) is 12.2. The van der Waals surface area contributed by atoms with E-state index in [1.807, 2.05) is 12.1 Å². The smallest absolute Gasteiger partial charge is 0.335 e. The predicted molar refractivity (Wildman–Crippen MR) is 150 cm³/mol. The lowest BCUT2D eigenvalue weighted by molar-refractivity contribution is -0.0271. The number of carboxylic acids is 1. The van der Waals surface area contributed by atoms with E-state index < -0.39 is 17.2 Å². The lowest BCUT2D eigenvalue weighted by atomic mass is 10.00. The number of aromatic amines is 1. The van der Waals surface area contributed by atoms with Gasteiger partial charge in [-0.05, 0) is 61.6 Å². The van der Waals surface area contributed by atoms with Gasteiger partial charge in [0.1, 0.15) is 6.10 Å². The highest BCUT2D eigenvalue weighted by Gasteiger charge is 2.24. The highest BCUT2D eigenvalue weighted by Crippen LogP contribution is 2.30. The molecule has 8 nitrogen and oxygen atoms in total. The molecule has 2 heterocycles. The van der Waals surface area contributed by atoms with Crippen LogP contribution in [0.1, 0.15) is 53.3 Å². The van der Waals surface area contributed by atoms with Crippen molar-refractivity contribution in [2.24, 2.45) is 0 Å². The zero-order valence-electron chi connectivity index (χ0n) is 21.8. The van der Waals surface area contributed by atoms with Crippen LogP contribution in [0.25, 0.3) is 10.9 Å². The summed E-state index contributed by atoms with van der Waals surface area (Å²) in [5.74, 6) is -1.11. The Kier molecular flexibility index (Phi) is 8.34. The van der Waals surface area contributed by atoms with Crippen molar-refractivity contribution in [1.82, 2.24) is 14.5 Å². The fourth-order valence-corrected chi connectivity index (χ4v) is 5.32. The second-order valence-electron chi connectivity index (χ2n) is 10.0. The zero-order chi connectivity index (χ0) is 27.2. The molecule has 39 heavy (non-hydrogen) atoms. The van der Waals surface area contributed by atoms with E-state index in [1.165, 1.54) is 16.7 Å². The van der Waals surface area contributed by atoms with Crippen LogP contribution in [-0.4, -0.2) is 51.3 Å². The van der Waals surface area contributed by atoms with E-state index in [9.17, 15) is 19.5 Å². The minimum atomic E-state index is -1.11. The van der Waals surface area contributed by atoms with Crippen molar-refractivity contribution in [3.8, 4) is 0 Å². The second-order valence-corrected chi connectivity index (χ2v) is 10.0. The number of ether oxygens (including phenoxy) is 1. The molecule has 0 radical (unpaired) electrons. The van der Waals surface area contributed by atoms with Crippen LogP contribution in [0, 0.1) is 0 Å². The summed E-state index contributed by atoms with van der Waals surface area (Å²) in [6, 6.07) is 25.0. The van der Waals surface area contributed by atoms with E-state index in [0.29, 0.717) is 12.1 Å². The summed E-state index contributed by atoms with van der Waals surface area (Å²) < 4.78 is 8.18. The van der Waals surface area contributed by atoms with Crippen LogP contribution in [-0.2, 0) is 11.3 Å². The molecule has 0 saturated carbocycles. The number of H-pyrrole nitrogens is 1. The molecule has 0 bridgehead atoms. The van der Waals surface area contributed by atoms with Gasteiger partial charge in [0.25, 0.3) is 5.56 Å². The Morgan fingerprint density at radius 3 is 2.13 bits per heavy atom. The number of benzene rings is 3. The Hall–Kier alpha value is -4.01. The molecule has 1 aliphatic heterocycles. The predicted octanol–water partition coefficient (Wildman–Crippen LogP) is 4.44. The van der Waals surface area contributed by atoms with Crippen LogP contribution in [0.5, 0.6) is 0 Å². The maximum atomic E-state index is 12.5. The van der Waals surface area contributed by atoms with Gasteiger partial charge in [0.05, 0.1) is 22.6 Å². The maximum absolute atomic E-state index is 12.5. The molecule has 1 saturated heterocycles. The number of rotatable bonds is 10. The number of aromatic carboxylic acids is 1. The number of likely N-dealkylation sites (tertiary alicyclic amines) is 1. The van der Waals surface area contributed by atoms with Crippen molar-refractivity contribution < 1.29 is 14.6 Å². The first-order valence-electron chi connectivity index (χ1n) is 13.5. The molecule has 4 aromatic rings. The molecule has 0 spiro atoms. The van der Waals surface area contributed by atoms with E-state index in [0.717, 1.165) is 56.4 Å². The lowest BCUT2D eigenvalue weighted by Gasteiger charge is -2.34. The third kappa shape index (κ3) is 6.35. The van der Waals surface area contributed by atoms with Crippen LogP contribution in [0.4, 0.5) is 0 Å². The van der Waals surface area contributed by atoms with Crippen molar-refractivity contribution >= 4 is 16.9 Å². The molecule has 1 fully saturated rings. The molecule has 8 heteroatoms. The quantitative estimate of drug-likeness (QED) is 0.296. The molecule has 1 aromatic heterocycles. The van der Waals surface area contributed by atoms with Crippen LogP contribution in [0.15, 0.2) is 88.5 Å². The number of carboxylic acid groups (broad SMARTS) is 1. The molecule has 1 aliphatic rings. The molecule has 0 atom stereocenters. The number of fused-ring (bicyclic) bond motifs is 1. The number of nitrogens with zero attached hydrogens (tertiary/aromatic N) is 2. The monoisotopic (exact) mass is 527 g/mol. The number of unbranched alkanes of at least 4 members (excludes halogenated alkanes) is 1. The average molecular weight is 528 g/mol. The number of carbonyl (C=O) groups is 1. The van der Waals surface area contributed by atoms with Gasteiger partial charge in [0, 0.05) is 19.6 Å². The SMILES string of the molecule is O=C(O)c1ccc2c(c1)c(=O)[nH]c(=O)n2CCCCN1CCC(OC(c2ccccc2)c2ccccc2)CC1. The van der Waals surface area contributed by atoms with Crippen LogP contribution < -0.4 is 11.2 Å². The first kappa shape index (κ1) is 26.6. The molecule has 3 aromatic carbocycles. The first-order valence-corrected chi connectivity index (χ1v) is 13.5. The highest BCUT2D eigenvalue weighted by atomic mass is 16.5. The molecule has 0 aliphatic carbocycles. The van der Waals surface area contributed by atoms with Gasteiger partial charge in [0.2, 0.25) is 0 Å². The van der Waals surface area contributed by atoms with E-state index in [-0.39, 0.29) is 23.2 Å². The van der Waals surface area contributed by atoms with Crippen LogP contribution in [0.2, 0.25) is 0 Å². The van der Waals surface area contributed by atoms with E-state index in [1.54, 1.807) is 6.07 Å². The molecule has 2 N–H and O–H groups in total. The summed E-state index contributed by atoms with van der Waals surface area (Å²) in [6.07, 6.45) is 3.71. The van der Waals surface area contributed by atoms with Gasteiger partial charge < -0.3 is 14.7 Å². The zero-order valence-corrected chi connectivity index (χ0v) is 21.8. The number of hydrogen-bond acceptors (Lipinski definition) is 5. The molecule has 202 valence electrons. The normalized spacial score (nSPS) is 14.7. The number of aromatic nitrogens is 2. The van der Waals surface area contributed by atoms with Crippen LogP contribution in [0.3, 0.4) is 0 Å². The number of hydrogen-bond donors (Lipinski definition) is 2. The minimum Gasteiger partial charge on any atom is -0.478 e. The van der Waals surface area contributed by atoms with Gasteiger partial charge in [-0.25, -0.2) is 9.59 Å². The van der Waals surface area contributed by atoms with E-state index in [2.05, 4.69) is 58.4 Å². The first-order chi connectivity index (χ1) is 19.0. The van der Waals surface area contributed by atoms with Gasteiger partial charge in [0.15, 0.2) is 0 Å². The molecule has 5 rings (SSSR count). The van der Waals surface area contributed by atoms with E-state index in [4.69, 9.17) is 4.74 Å². The Balaban J connectivity index is 1.14. The molecule has 0 unspecified atom stereocenters. The number of nitrogens with one attached hydrogen (secondary N) is 1. The van der Waals surface area contributed by atoms with Gasteiger partial charge in [-0.2, -0.15) is 0 Å². The van der Waals surface area contributed by atoms with Crippen molar-refractivity contribution in [2.75, 3.05) is 19.6 Å². The maximum Gasteiger partial charge on any atom is 0.335 e. The fraction of sp³-hybridized carbons (Fsp3) is 0.323.